The Bertz CT molecular complexity index is 208. The summed E-state index contributed by atoms with van der Waals surface area (Å²) in [5, 5.41) is 3.36. The summed E-state index contributed by atoms with van der Waals surface area (Å²) in [6.07, 6.45) is 6.37. The number of hydrogen-bond acceptors (Lipinski definition) is 3. The second kappa shape index (κ2) is 5.64. The number of morpholine rings is 1. The fraction of sp³-hybridized carbons (Fsp3) is 0.833. The van der Waals surface area contributed by atoms with Crippen molar-refractivity contribution in [1.82, 2.24) is 10.2 Å². The molecule has 15 heavy (non-hydrogen) atoms. The van der Waals surface area contributed by atoms with Crippen LogP contribution in [-0.2, 0) is 4.74 Å². The van der Waals surface area contributed by atoms with Crippen LogP contribution in [0.1, 0.15) is 19.3 Å². The Kier molecular flexibility index (Phi) is 4.18. The summed E-state index contributed by atoms with van der Waals surface area (Å²) in [6, 6.07) is 0.698. The molecule has 0 amide bonds. The summed E-state index contributed by atoms with van der Waals surface area (Å²) < 4.78 is 5.78. The summed E-state index contributed by atoms with van der Waals surface area (Å²) in [4.78, 5) is 2.59. The first kappa shape index (κ1) is 11.1. The Morgan fingerprint density at radius 2 is 2.40 bits per heavy atom. The third-order valence-electron chi connectivity index (χ3n) is 3.46. The summed E-state index contributed by atoms with van der Waals surface area (Å²) in [5.74, 6) is 0. The number of nitrogens with zero attached hydrogens (tertiary/aromatic N) is 1. The van der Waals surface area contributed by atoms with Gasteiger partial charge in [-0.3, -0.25) is 4.90 Å². The number of fused-ring (bicyclic) bond motifs is 1. The van der Waals surface area contributed by atoms with Gasteiger partial charge in [-0.25, -0.2) is 0 Å². The van der Waals surface area contributed by atoms with Gasteiger partial charge in [0.1, 0.15) is 0 Å². The molecule has 3 nitrogen and oxygen atoms in total. The minimum atomic E-state index is 0.526. The molecule has 2 atom stereocenters. The lowest BCUT2D eigenvalue weighted by Gasteiger charge is -2.37. The van der Waals surface area contributed by atoms with E-state index in [2.05, 4.69) is 16.8 Å². The average Bonchev–Trinajstić information content (AvgIpc) is 2.73. The van der Waals surface area contributed by atoms with Gasteiger partial charge in [-0.05, 0) is 19.3 Å². The lowest BCUT2D eigenvalue weighted by molar-refractivity contribution is -0.0547. The molecule has 0 aromatic carbocycles. The van der Waals surface area contributed by atoms with Crippen molar-refractivity contribution in [1.29, 1.82) is 0 Å². The van der Waals surface area contributed by atoms with Crippen molar-refractivity contribution in [2.75, 3.05) is 32.8 Å². The van der Waals surface area contributed by atoms with Crippen LogP contribution < -0.4 is 5.32 Å². The van der Waals surface area contributed by atoms with E-state index in [1.54, 1.807) is 0 Å². The van der Waals surface area contributed by atoms with Crippen molar-refractivity contribution in [2.24, 2.45) is 0 Å². The van der Waals surface area contributed by atoms with Crippen LogP contribution >= 0.6 is 0 Å². The molecule has 86 valence electrons. The highest BCUT2D eigenvalue weighted by molar-refractivity contribution is 4.89. The van der Waals surface area contributed by atoms with Crippen molar-refractivity contribution in [2.45, 2.75) is 31.4 Å². The molecule has 2 fully saturated rings. The topological polar surface area (TPSA) is 24.5 Å². The van der Waals surface area contributed by atoms with E-state index in [1.165, 1.54) is 19.3 Å². The zero-order valence-corrected chi connectivity index (χ0v) is 9.45. The van der Waals surface area contributed by atoms with E-state index in [9.17, 15) is 0 Å². The van der Waals surface area contributed by atoms with Gasteiger partial charge in [-0.15, -0.1) is 6.58 Å². The highest BCUT2D eigenvalue weighted by Crippen LogP contribution is 2.29. The number of nitrogens with one attached hydrogen (secondary N) is 1. The van der Waals surface area contributed by atoms with Crippen molar-refractivity contribution < 1.29 is 4.74 Å². The van der Waals surface area contributed by atoms with Gasteiger partial charge in [0.15, 0.2) is 0 Å². The summed E-state index contributed by atoms with van der Waals surface area (Å²) >= 11 is 0. The molecule has 1 aliphatic carbocycles. The van der Waals surface area contributed by atoms with E-state index in [-0.39, 0.29) is 0 Å². The summed E-state index contributed by atoms with van der Waals surface area (Å²) in [6.45, 7) is 8.86. The van der Waals surface area contributed by atoms with Crippen molar-refractivity contribution in [3.05, 3.63) is 12.7 Å². The second-order valence-corrected chi connectivity index (χ2v) is 4.44. The van der Waals surface area contributed by atoms with E-state index < -0.39 is 0 Å². The molecule has 3 heteroatoms. The molecule has 0 spiro atoms. The molecular weight excluding hydrogens is 188 g/mol. The van der Waals surface area contributed by atoms with E-state index in [0.717, 1.165) is 32.8 Å². The molecule has 2 rings (SSSR count). The summed E-state index contributed by atoms with van der Waals surface area (Å²) in [7, 11) is 0. The third kappa shape index (κ3) is 2.80. The predicted octanol–water partition coefficient (Wildman–Crippen LogP) is 1.02. The van der Waals surface area contributed by atoms with Crippen LogP contribution in [0.25, 0.3) is 0 Å². The first-order valence-corrected chi connectivity index (χ1v) is 6.09. The van der Waals surface area contributed by atoms with Crippen molar-refractivity contribution in [3.8, 4) is 0 Å². The molecule has 2 unspecified atom stereocenters. The van der Waals surface area contributed by atoms with Crippen LogP contribution in [0.3, 0.4) is 0 Å². The van der Waals surface area contributed by atoms with Crippen LogP contribution in [0.2, 0.25) is 0 Å². The molecular formula is C12H22N2O. The molecule has 0 aromatic rings. The predicted molar refractivity (Wildman–Crippen MR) is 62.0 cm³/mol. The van der Waals surface area contributed by atoms with Crippen LogP contribution in [0.4, 0.5) is 0 Å². The van der Waals surface area contributed by atoms with Gasteiger partial charge in [-0.1, -0.05) is 6.08 Å². The lowest BCUT2D eigenvalue weighted by atomic mass is 10.1. The minimum absolute atomic E-state index is 0.526. The number of hydrogen-bond donors (Lipinski definition) is 1. The van der Waals surface area contributed by atoms with E-state index in [1.807, 2.05) is 6.08 Å². The third-order valence-corrected chi connectivity index (χ3v) is 3.46. The van der Waals surface area contributed by atoms with E-state index >= 15 is 0 Å². The minimum Gasteiger partial charge on any atom is -0.375 e. The number of rotatable bonds is 5. The lowest BCUT2D eigenvalue weighted by Crippen LogP contribution is -2.50. The van der Waals surface area contributed by atoms with Gasteiger partial charge >= 0.3 is 0 Å². The normalized spacial score (nSPS) is 31.5. The van der Waals surface area contributed by atoms with Crippen molar-refractivity contribution in [3.63, 3.8) is 0 Å². The Morgan fingerprint density at radius 3 is 3.27 bits per heavy atom. The Morgan fingerprint density at radius 1 is 1.47 bits per heavy atom. The molecule has 1 saturated carbocycles. The largest absolute Gasteiger partial charge is 0.375 e. The fourth-order valence-corrected chi connectivity index (χ4v) is 2.71. The SMILES string of the molecule is C=CCNCCN1CCOC2CCCC21. The van der Waals surface area contributed by atoms with E-state index in [4.69, 9.17) is 4.74 Å². The smallest absolute Gasteiger partial charge is 0.0730 e. The molecule has 0 radical (unpaired) electrons. The highest BCUT2D eigenvalue weighted by Gasteiger charge is 2.35. The maximum absolute atomic E-state index is 5.78. The zero-order valence-electron chi connectivity index (χ0n) is 9.45. The average molecular weight is 210 g/mol. The summed E-state index contributed by atoms with van der Waals surface area (Å²) in [5.41, 5.74) is 0. The van der Waals surface area contributed by atoms with Crippen LogP contribution in [0.15, 0.2) is 12.7 Å². The molecule has 1 saturated heterocycles. The van der Waals surface area contributed by atoms with Crippen molar-refractivity contribution >= 4 is 0 Å². The van der Waals surface area contributed by atoms with Crippen LogP contribution in [-0.4, -0.2) is 49.8 Å². The fourth-order valence-electron chi connectivity index (χ4n) is 2.71. The molecule has 0 bridgehead atoms. The highest BCUT2D eigenvalue weighted by atomic mass is 16.5. The van der Waals surface area contributed by atoms with Gasteiger partial charge in [0, 0.05) is 32.2 Å². The van der Waals surface area contributed by atoms with Crippen LogP contribution in [0, 0.1) is 0 Å². The maximum atomic E-state index is 5.78. The monoisotopic (exact) mass is 210 g/mol. The van der Waals surface area contributed by atoms with Crippen LogP contribution in [0.5, 0.6) is 0 Å². The maximum Gasteiger partial charge on any atom is 0.0730 e. The molecule has 1 aliphatic heterocycles. The van der Waals surface area contributed by atoms with Gasteiger partial charge < -0.3 is 10.1 Å². The van der Waals surface area contributed by atoms with E-state index in [0.29, 0.717) is 12.1 Å². The standard InChI is InChI=1S/C12H22N2O/c1-2-6-13-7-8-14-9-10-15-12-5-3-4-11(12)14/h2,11-13H,1,3-10H2. The Hall–Kier alpha value is -0.380. The van der Waals surface area contributed by atoms with Gasteiger partial charge in [0.05, 0.1) is 12.7 Å². The number of ether oxygens (including phenoxy) is 1. The molecule has 1 heterocycles. The first-order chi connectivity index (χ1) is 7.42. The first-order valence-electron chi connectivity index (χ1n) is 6.09. The molecule has 1 N–H and O–H groups in total. The second-order valence-electron chi connectivity index (χ2n) is 4.44. The Labute approximate surface area is 92.5 Å². The van der Waals surface area contributed by atoms with Gasteiger partial charge in [-0.2, -0.15) is 0 Å². The zero-order chi connectivity index (χ0) is 10.5. The molecule has 0 aromatic heterocycles. The molecule has 2 aliphatic rings. The van der Waals surface area contributed by atoms with Gasteiger partial charge in [0.25, 0.3) is 0 Å². The van der Waals surface area contributed by atoms with Gasteiger partial charge in [0.2, 0.25) is 0 Å². The Balaban J connectivity index is 1.73. The quantitative estimate of drug-likeness (QED) is 0.541.